The van der Waals surface area contributed by atoms with Gasteiger partial charge in [-0.05, 0) is 50.6 Å². The van der Waals surface area contributed by atoms with Gasteiger partial charge in [0.05, 0.1) is 19.1 Å². The highest BCUT2D eigenvalue weighted by Crippen LogP contribution is 2.29. The van der Waals surface area contributed by atoms with E-state index < -0.39 is 28.5 Å². The zero-order chi connectivity index (χ0) is 24.8. The second-order valence-corrected chi connectivity index (χ2v) is 10.3. The van der Waals surface area contributed by atoms with Crippen molar-refractivity contribution in [1.29, 1.82) is 0 Å². The number of nitrogens with zero attached hydrogens (tertiary/aromatic N) is 2. The SMILES string of the molecule is COc1ccccc1N(CC(=O)N(Cc1cccc(Cl)c1)C(C)C(=O)NC(C)C)S(C)(=O)=O. The number of benzene rings is 2. The second kappa shape index (κ2) is 11.4. The number of hydrogen-bond donors (Lipinski definition) is 1. The van der Waals surface area contributed by atoms with Crippen molar-refractivity contribution in [3.63, 3.8) is 0 Å². The summed E-state index contributed by atoms with van der Waals surface area (Å²) < 4.78 is 31.5. The standard InChI is InChI=1S/C23H30ClN3O5S/c1-16(2)25-23(29)17(3)26(14-18-9-8-10-19(24)13-18)22(28)15-27(33(5,30)31)20-11-6-7-12-21(20)32-4/h6-13,16-17H,14-15H2,1-5H3,(H,25,29). The summed E-state index contributed by atoms with van der Waals surface area (Å²) in [6.07, 6.45) is 1.02. The molecule has 0 bridgehead atoms. The first-order chi connectivity index (χ1) is 15.4. The summed E-state index contributed by atoms with van der Waals surface area (Å²) in [5, 5.41) is 3.29. The van der Waals surface area contributed by atoms with E-state index >= 15 is 0 Å². The molecule has 1 atom stereocenters. The van der Waals surface area contributed by atoms with Crippen LogP contribution in [-0.4, -0.2) is 57.1 Å². The largest absolute Gasteiger partial charge is 0.495 e. The topological polar surface area (TPSA) is 96.0 Å². The maximum absolute atomic E-state index is 13.5. The predicted molar refractivity (Wildman–Crippen MR) is 130 cm³/mol. The summed E-state index contributed by atoms with van der Waals surface area (Å²) in [5.41, 5.74) is 0.945. The number of hydrogen-bond acceptors (Lipinski definition) is 5. The minimum Gasteiger partial charge on any atom is -0.495 e. The fraction of sp³-hybridized carbons (Fsp3) is 0.391. The molecule has 0 aromatic heterocycles. The molecule has 2 aromatic carbocycles. The maximum atomic E-state index is 13.5. The Bertz CT molecular complexity index is 1090. The summed E-state index contributed by atoms with van der Waals surface area (Å²) in [5.74, 6) is -0.580. The third kappa shape index (κ3) is 7.36. The van der Waals surface area contributed by atoms with Gasteiger partial charge in [-0.15, -0.1) is 0 Å². The third-order valence-corrected chi connectivity index (χ3v) is 6.23. The van der Waals surface area contributed by atoms with Gasteiger partial charge in [0.2, 0.25) is 21.8 Å². The van der Waals surface area contributed by atoms with Crippen LogP contribution in [0.2, 0.25) is 5.02 Å². The third-order valence-electron chi connectivity index (χ3n) is 4.87. The minimum absolute atomic E-state index is 0.0790. The molecule has 2 aromatic rings. The fourth-order valence-corrected chi connectivity index (χ4v) is 4.32. The van der Waals surface area contributed by atoms with E-state index in [-0.39, 0.29) is 24.2 Å². The van der Waals surface area contributed by atoms with Crippen LogP contribution in [0.25, 0.3) is 0 Å². The molecule has 2 rings (SSSR count). The number of anilines is 1. The molecule has 0 saturated heterocycles. The number of methoxy groups -OCH3 is 1. The Morgan fingerprint density at radius 1 is 1.09 bits per heavy atom. The number of carbonyl (C=O) groups excluding carboxylic acids is 2. The quantitative estimate of drug-likeness (QED) is 0.546. The van der Waals surface area contributed by atoms with Gasteiger partial charge in [0, 0.05) is 17.6 Å². The Morgan fingerprint density at radius 3 is 2.33 bits per heavy atom. The lowest BCUT2D eigenvalue weighted by Crippen LogP contribution is -2.52. The molecule has 0 radical (unpaired) electrons. The van der Waals surface area contributed by atoms with Crippen LogP contribution in [-0.2, 0) is 26.2 Å². The number of ether oxygens (including phenoxy) is 1. The number of halogens is 1. The summed E-state index contributed by atoms with van der Waals surface area (Å²) in [4.78, 5) is 27.5. The van der Waals surface area contributed by atoms with E-state index in [1.54, 1.807) is 55.5 Å². The molecular formula is C23H30ClN3O5S. The lowest BCUT2D eigenvalue weighted by molar-refractivity contribution is -0.139. The monoisotopic (exact) mass is 495 g/mol. The van der Waals surface area contributed by atoms with Crippen LogP contribution in [0.1, 0.15) is 26.3 Å². The van der Waals surface area contributed by atoms with E-state index in [0.717, 1.165) is 10.6 Å². The van der Waals surface area contributed by atoms with Gasteiger partial charge in [-0.25, -0.2) is 8.42 Å². The zero-order valence-electron chi connectivity index (χ0n) is 19.4. The number of para-hydroxylation sites is 2. The molecule has 0 aliphatic carbocycles. The highest BCUT2D eigenvalue weighted by Gasteiger charge is 2.31. The molecule has 1 unspecified atom stereocenters. The molecule has 33 heavy (non-hydrogen) atoms. The van der Waals surface area contributed by atoms with E-state index in [1.165, 1.54) is 12.0 Å². The van der Waals surface area contributed by atoms with Crippen molar-refractivity contribution >= 4 is 39.1 Å². The van der Waals surface area contributed by atoms with E-state index in [2.05, 4.69) is 5.32 Å². The van der Waals surface area contributed by atoms with Gasteiger partial charge >= 0.3 is 0 Å². The summed E-state index contributed by atoms with van der Waals surface area (Å²) in [6.45, 7) is 4.82. The van der Waals surface area contributed by atoms with Crippen molar-refractivity contribution in [3.8, 4) is 5.75 Å². The smallest absolute Gasteiger partial charge is 0.244 e. The van der Waals surface area contributed by atoms with Crippen molar-refractivity contribution in [2.24, 2.45) is 0 Å². The summed E-state index contributed by atoms with van der Waals surface area (Å²) in [7, 11) is -2.42. The molecule has 0 saturated carbocycles. The number of sulfonamides is 1. The van der Waals surface area contributed by atoms with Crippen LogP contribution in [0.3, 0.4) is 0 Å². The molecule has 180 valence electrons. The normalized spacial score (nSPS) is 12.2. The van der Waals surface area contributed by atoms with Crippen molar-refractivity contribution in [2.45, 2.75) is 39.4 Å². The first-order valence-electron chi connectivity index (χ1n) is 10.4. The van der Waals surface area contributed by atoms with Crippen LogP contribution in [0.4, 0.5) is 5.69 Å². The van der Waals surface area contributed by atoms with Crippen LogP contribution >= 0.6 is 11.6 Å². The second-order valence-electron chi connectivity index (χ2n) is 7.93. The zero-order valence-corrected chi connectivity index (χ0v) is 21.0. The lowest BCUT2D eigenvalue weighted by atomic mass is 10.1. The van der Waals surface area contributed by atoms with Crippen molar-refractivity contribution < 1.29 is 22.7 Å². The van der Waals surface area contributed by atoms with E-state index in [0.29, 0.717) is 16.3 Å². The van der Waals surface area contributed by atoms with Gasteiger partial charge < -0.3 is 15.0 Å². The molecule has 10 heteroatoms. The Hall–Kier alpha value is -2.78. The average molecular weight is 496 g/mol. The first kappa shape index (κ1) is 26.5. The minimum atomic E-state index is -3.84. The van der Waals surface area contributed by atoms with Gasteiger partial charge in [0.1, 0.15) is 18.3 Å². The molecule has 1 N–H and O–H groups in total. The molecule has 0 heterocycles. The fourth-order valence-electron chi connectivity index (χ4n) is 3.25. The predicted octanol–water partition coefficient (Wildman–Crippen LogP) is 3.06. The molecule has 2 amide bonds. The van der Waals surface area contributed by atoms with Crippen LogP contribution in [0.5, 0.6) is 5.75 Å². The summed E-state index contributed by atoms with van der Waals surface area (Å²) in [6, 6.07) is 12.5. The van der Waals surface area contributed by atoms with E-state index in [1.807, 2.05) is 13.8 Å². The Labute approximate surface area is 200 Å². The van der Waals surface area contributed by atoms with E-state index in [4.69, 9.17) is 16.3 Å². The molecule has 8 nitrogen and oxygen atoms in total. The Morgan fingerprint density at radius 2 is 1.76 bits per heavy atom. The highest BCUT2D eigenvalue weighted by atomic mass is 35.5. The van der Waals surface area contributed by atoms with Gasteiger partial charge in [-0.3, -0.25) is 13.9 Å². The van der Waals surface area contributed by atoms with Crippen LogP contribution < -0.4 is 14.4 Å². The first-order valence-corrected chi connectivity index (χ1v) is 12.6. The van der Waals surface area contributed by atoms with Crippen LogP contribution in [0, 0.1) is 0 Å². The number of nitrogens with one attached hydrogen (secondary N) is 1. The van der Waals surface area contributed by atoms with Crippen molar-refractivity contribution in [2.75, 3.05) is 24.2 Å². The lowest BCUT2D eigenvalue weighted by Gasteiger charge is -2.32. The Balaban J connectivity index is 2.43. The van der Waals surface area contributed by atoms with Crippen molar-refractivity contribution in [1.82, 2.24) is 10.2 Å². The van der Waals surface area contributed by atoms with Gasteiger partial charge in [-0.2, -0.15) is 0 Å². The van der Waals surface area contributed by atoms with Gasteiger partial charge in [0.15, 0.2) is 0 Å². The van der Waals surface area contributed by atoms with Gasteiger partial charge in [-0.1, -0.05) is 35.9 Å². The van der Waals surface area contributed by atoms with Crippen molar-refractivity contribution in [3.05, 3.63) is 59.1 Å². The molecule has 0 aliphatic heterocycles. The number of carbonyl (C=O) groups is 2. The highest BCUT2D eigenvalue weighted by molar-refractivity contribution is 7.92. The molecular weight excluding hydrogens is 466 g/mol. The number of amides is 2. The summed E-state index contributed by atoms with van der Waals surface area (Å²) >= 11 is 6.09. The molecule has 0 aliphatic rings. The van der Waals surface area contributed by atoms with Gasteiger partial charge in [0.25, 0.3) is 0 Å². The molecule has 0 fully saturated rings. The Kier molecular flexibility index (Phi) is 9.13. The number of rotatable bonds is 10. The average Bonchev–Trinajstić information content (AvgIpc) is 2.74. The van der Waals surface area contributed by atoms with E-state index in [9.17, 15) is 18.0 Å². The van der Waals surface area contributed by atoms with Crippen LogP contribution in [0.15, 0.2) is 48.5 Å². The maximum Gasteiger partial charge on any atom is 0.244 e. The molecule has 0 spiro atoms.